The first-order valence-electron chi connectivity index (χ1n) is 7.26. The average Bonchev–Trinajstić information content (AvgIpc) is 3.09. The predicted octanol–water partition coefficient (Wildman–Crippen LogP) is 1.90. The lowest BCUT2D eigenvalue weighted by molar-refractivity contribution is -0.142. The van der Waals surface area contributed by atoms with Crippen LogP contribution < -0.4 is 4.74 Å². The van der Waals surface area contributed by atoms with E-state index in [2.05, 4.69) is 0 Å². The lowest BCUT2D eigenvalue weighted by Gasteiger charge is -2.20. The number of amides is 1. The molecule has 0 spiro atoms. The second-order valence-corrected chi connectivity index (χ2v) is 6.44. The molecule has 1 aromatic rings. The summed E-state index contributed by atoms with van der Waals surface area (Å²) in [6.07, 6.45) is 0. The number of benzene rings is 1. The van der Waals surface area contributed by atoms with Gasteiger partial charge in [-0.3, -0.25) is 9.59 Å². The smallest absolute Gasteiger partial charge is 0.307 e. The van der Waals surface area contributed by atoms with Gasteiger partial charge in [0, 0.05) is 5.56 Å². The Labute approximate surface area is 127 Å². The van der Waals surface area contributed by atoms with Gasteiger partial charge >= 0.3 is 5.97 Å². The summed E-state index contributed by atoms with van der Waals surface area (Å²) in [4.78, 5) is 25.4. The average molecular weight is 307 g/mol. The molecule has 3 rings (SSSR count). The van der Waals surface area contributed by atoms with Crippen molar-refractivity contribution in [2.45, 2.75) is 20.4 Å². The first-order valence-corrected chi connectivity index (χ1v) is 7.26. The molecule has 118 valence electrons. The van der Waals surface area contributed by atoms with Gasteiger partial charge in [-0.2, -0.15) is 0 Å². The molecule has 22 heavy (non-hydrogen) atoms. The molecule has 0 unspecified atom stereocenters. The number of ether oxygens (including phenoxy) is 1. The fourth-order valence-corrected chi connectivity index (χ4v) is 3.31. The van der Waals surface area contributed by atoms with E-state index in [1.807, 2.05) is 0 Å². The summed E-state index contributed by atoms with van der Waals surface area (Å²) >= 11 is 0. The number of fused-ring (bicyclic) bond motifs is 1. The Morgan fingerprint density at radius 1 is 1.36 bits per heavy atom. The second kappa shape index (κ2) is 4.97. The van der Waals surface area contributed by atoms with Crippen LogP contribution >= 0.6 is 0 Å². The monoisotopic (exact) mass is 307 g/mol. The Kier molecular flexibility index (Phi) is 3.34. The predicted molar refractivity (Wildman–Crippen MR) is 75.7 cm³/mol. The molecule has 2 atom stereocenters. The highest BCUT2D eigenvalue weighted by atomic mass is 19.1. The Morgan fingerprint density at radius 2 is 2.09 bits per heavy atom. The van der Waals surface area contributed by atoms with Gasteiger partial charge < -0.3 is 14.7 Å². The van der Waals surface area contributed by atoms with Crippen molar-refractivity contribution < 1.29 is 23.8 Å². The quantitative estimate of drug-likeness (QED) is 0.906. The molecule has 1 aliphatic heterocycles. The van der Waals surface area contributed by atoms with Gasteiger partial charge in [-0.05, 0) is 17.5 Å². The Morgan fingerprint density at radius 3 is 2.73 bits per heavy atom. The van der Waals surface area contributed by atoms with Crippen LogP contribution in [0.3, 0.4) is 0 Å². The highest BCUT2D eigenvalue weighted by Crippen LogP contribution is 2.59. The maximum Gasteiger partial charge on any atom is 0.307 e. The van der Waals surface area contributed by atoms with Gasteiger partial charge in [0.05, 0.1) is 24.9 Å². The number of carbonyl (C=O) groups excluding carboxylic acids is 1. The molecule has 0 bridgehead atoms. The van der Waals surface area contributed by atoms with Gasteiger partial charge in [0.1, 0.15) is 18.2 Å². The number of aliphatic carboxylic acids is 1. The van der Waals surface area contributed by atoms with E-state index >= 15 is 0 Å². The number of rotatable bonds is 2. The van der Waals surface area contributed by atoms with E-state index in [1.54, 1.807) is 26.0 Å². The number of carboxylic acids is 1. The molecule has 1 saturated carbocycles. The lowest BCUT2D eigenvalue weighted by Crippen LogP contribution is -2.35. The fraction of sp³-hybridized carbons (Fsp3) is 0.500. The van der Waals surface area contributed by atoms with Crippen LogP contribution in [0.25, 0.3) is 0 Å². The van der Waals surface area contributed by atoms with E-state index in [0.717, 1.165) is 0 Å². The maximum absolute atomic E-state index is 14.0. The highest BCUT2D eigenvalue weighted by molar-refractivity contribution is 5.91. The van der Waals surface area contributed by atoms with Crippen molar-refractivity contribution in [2.24, 2.45) is 17.3 Å². The molecule has 1 aliphatic carbocycles. The summed E-state index contributed by atoms with van der Waals surface area (Å²) in [7, 11) is 0. The van der Waals surface area contributed by atoms with Gasteiger partial charge in [0.2, 0.25) is 5.91 Å². The third-order valence-corrected chi connectivity index (χ3v) is 4.71. The molecular formula is C16H18FNO4. The zero-order chi connectivity index (χ0) is 16.1. The van der Waals surface area contributed by atoms with Crippen molar-refractivity contribution in [1.29, 1.82) is 0 Å². The molecule has 1 N–H and O–H groups in total. The maximum atomic E-state index is 14.0. The normalized spacial score (nSPS) is 25.7. The zero-order valence-electron chi connectivity index (χ0n) is 12.5. The van der Waals surface area contributed by atoms with Crippen LogP contribution in [-0.2, 0) is 16.1 Å². The second-order valence-electron chi connectivity index (χ2n) is 6.44. The van der Waals surface area contributed by atoms with Crippen LogP contribution in [0.2, 0.25) is 0 Å². The van der Waals surface area contributed by atoms with Crippen LogP contribution in [0, 0.1) is 23.1 Å². The van der Waals surface area contributed by atoms with Crippen molar-refractivity contribution in [3.05, 3.63) is 29.6 Å². The summed E-state index contributed by atoms with van der Waals surface area (Å²) in [6, 6.07) is 4.57. The van der Waals surface area contributed by atoms with E-state index in [1.165, 1.54) is 11.0 Å². The standard InChI is InChI=1S/C16H18FNO4/c1-16(2)12(13(16)15(20)21)14(19)18-6-7-22-11-5-3-4-10(17)9(11)8-18/h3-5,12-13H,6-8H2,1-2H3,(H,20,21)/t12-,13+/m1/s1. The van der Waals surface area contributed by atoms with Crippen LogP contribution in [-0.4, -0.2) is 35.0 Å². The summed E-state index contributed by atoms with van der Waals surface area (Å²) in [5.74, 6) is -2.40. The molecule has 6 heteroatoms. The van der Waals surface area contributed by atoms with Crippen molar-refractivity contribution in [3.63, 3.8) is 0 Å². The number of halogens is 1. The molecule has 5 nitrogen and oxygen atoms in total. The third kappa shape index (κ3) is 2.23. The van der Waals surface area contributed by atoms with Crippen molar-refractivity contribution >= 4 is 11.9 Å². The van der Waals surface area contributed by atoms with Crippen LogP contribution in [0.15, 0.2) is 18.2 Å². The number of hydrogen-bond donors (Lipinski definition) is 1. The van der Waals surface area contributed by atoms with Gasteiger partial charge in [-0.1, -0.05) is 19.9 Å². The topological polar surface area (TPSA) is 66.8 Å². The molecule has 0 aromatic heterocycles. The number of carbonyl (C=O) groups is 2. The van der Waals surface area contributed by atoms with Crippen molar-refractivity contribution in [2.75, 3.05) is 13.2 Å². The minimum Gasteiger partial charge on any atom is -0.491 e. The Hall–Kier alpha value is -2.11. The summed E-state index contributed by atoms with van der Waals surface area (Å²) in [6.45, 7) is 4.26. The zero-order valence-corrected chi connectivity index (χ0v) is 12.5. The Bertz CT molecular complexity index is 643. The van der Waals surface area contributed by atoms with Crippen molar-refractivity contribution in [3.8, 4) is 5.75 Å². The third-order valence-electron chi connectivity index (χ3n) is 4.71. The lowest BCUT2D eigenvalue weighted by atomic mass is 10.1. The van der Waals surface area contributed by atoms with Gasteiger partial charge in [-0.15, -0.1) is 0 Å². The van der Waals surface area contributed by atoms with E-state index in [4.69, 9.17) is 4.74 Å². The summed E-state index contributed by atoms with van der Waals surface area (Å²) in [5.41, 5.74) is -0.215. The molecule has 2 aliphatic rings. The number of nitrogens with zero attached hydrogens (tertiary/aromatic N) is 1. The minimum absolute atomic E-state index is 0.111. The molecule has 1 fully saturated rings. The van der Waals surface area contributed by atoms with E-state index in [9.17, 15) is 19.1 Å². The Balaban J connectivity index is 1.83. The van der Waals surface area contributed by atoms with Gasteiger partial charge in [-0.25, -0.2) is 4.39 Å². The van der Waals surface area contributed by atoms with Gasteiger partial charge in [0.15, 0.2) is 0 Å². The first-order chi connectivity index (χ1) is 10.3. The fourth-order valence-electron chi connectivity index (χ4n) is 3.31. The van der Waals surface area contributed by atoms with E-state index < -0.39 is 29.0 Å². The molecule has 1 aromatic carbocycles. The molecular weight excluding hydrogens is 289 g/mol. The van der Waals surface area contributed by atoms with E-state index in [-0.39, 0.29) is 19.1 Å². The van der Waals surface area contributed by atoms with E-state index in [0.29, 0.717) is 17.9 Å². The first kappa shape index (κ1) is 14.8. The number of hydrogen-bond acceptors (Lipinski definition) is 3. The van der Waals surface area contributed by atoms with Crippen LogP contribution in [0.5, 0.6) is 5.75 Å². The van der Waals surface area contributed by atoms with Gasteiger partial charge in [0.25, 0.3) is 0 Å². The minimum atomic E-state index is -0.957. The summed E-state index contributed by atoms with van der Waals surface area (Å²) < 4.78 is 19.4. The molecule has 0 saturated heterocycles. The molecule has 1 amide bonds. The van der Waals surface area contributed by atoms with Crippen LogP contribution in [0.1, 0.15) is 19.4 Å². The molecule has 0 radical (unpaired) electrons. The number of carboxylic acid groups (broad SMARTS) is 1. The summed E-state index contributed by atoms with van der Waals surface area (Å²) in [5, 5.41) is 9.21. The largest absolute Gasteiger partial charge is 0.491 e. The molecule has 1 heterocycles. The highest BCUT2D eigenvalue weighted by Gasteiger charge is 2.66. The SMILES string of the molecule is CC1(C)[C@H](C(=O)O)[C@@H]1C(=O)N1CCOc2cccc(F)c2C1. The van der Waals surface area contributed by atoms with Crippen LogP contribution in [0.4, 0.5) is 4.39 Å². The van der Waals surface area contributed by atoms with Crippen molar-refractivity contribution in [1.82, 2.24) is 4.90 Å².